The summed E-state index contributed by atoms with van der Waals surface area (Å²) in [6.45, 7) is 0.727. The fourth-order valence-electron chi connectivity index (χ4n) is 2.59. The van der Waals surface area contributed by atoms with E-state index in [9.17, 15) is 14.9 Å². The van der Waals surface area contributed by atoms with Gasteiger partial charge in [-0.2, -0.15) is 4.99 Å². The summed E-state index contributed by atoms with van der Waals surface area (Å²) in [7, 11) is 1.55. The molecule has 0 saturated carbocycles. The van der Waals surface area contributed by atoms with Gasteiger partial charge in [0.25, 0.3) is 11.6 Å². The predicted molar refractivity (Wildman–Crippen MR) is 110 cm³/mol. The van der Waals surface area contributed by atoms with Gasteiger partial charge in [0.15, 0.2) is 4.80 Å². The molecular formula is C17H12Cl3N3O4S. The first-order chi connectivity index (χ1) is 13.3. The third-order valence-electron chi connectivity index (χ3n) is 3.80. The van der Waals surface area contributed by atoms with E-state index in [0.717, 1.165) is 4.70 Å². The lowest BCUT2D eigenvalue weighted by molar-refractivity contribution is -0.385. The van der Waals surface area contributed by atoms with Gasteiger partial charge in [0.2, 0.25) is 0 Å². The molecule has 0 radical (unpaired) electrons. The molecule has 0 N–H and O–H groups in total. The molecule has 7 nitrogen and oxygen atoms in total. The molecule has 0 atom stereocenters. The van der Waals surface area contributed by atoms with Crippen molar-refractivity contribution in [3.63, 3.8) is 0 Å². The van der Waals surface area contributed by atoms with Gasteiger partial charge in [-0.05, 0) is 24.3 Å². The summed E-state index contributed by atoms with van der Waals surface area (Å²) in [5.41, 5.74) is 0.0846. The number of halogens is 3. The Morgan fingerprint density at radius 2 is 2.00 bits per heavy atom. The molecule has 0 spiro atoms. The Bertz CT molecular complexity index is 1160. The van der Waals surface area contributed by atoms with Crippen LogP contribution in [0.15, 0.2) is 35.3 Å². The van der Waals surface area contributed by atoms with E-state index >= 15 is 0 Å². The first-order valence-corrected chi connectivity index (χ1v) is 9.77. The number of rotatable bonds is 5. The van der Waals surface area contributed by atoms with Crippen molar-refractivity contribution in [2.24, 2.45) is 4.99 Å². The molecule has 0 aliphatic heterocycles. The normalized spacial score (nSPS) is 11.9. The zero-order valence-corrected chi connectivity index (χ0v) is 17.4. The van der Waals surface area contributed by atoms with Gasteiger partial charge >= 0.3 is 0 Å². The van der Waals surface area contributed by atoms with Gasteiger partial charge in [-0.1, -0.05) is 46.1 Å². The van der Waals surface area contributed by atoms with Crippen LogP contribution in [0.5, 0.6) is 0 Å². The van der Waals surface area contributed by atoms with Gasteiger partial charge < -0.3 is 9.30 Å². The van der Waals surface area contributed by atoms with Crippen molar-refractivity contribution in [2.75, 3.05) is 13.7 Å². The zero-order chi connectivity index (χ0) is 20.4. The second-order valence-corrected chi connectivity index (χ2v) is 7.89. The third-order valence-corrected chi connectivity index (χ3v) is 5.56. The Balaban J connectivity index is 2.21. The largest absolute Gasteiger partial charge is 0.383 e. The van der Waals surface area contributed by atoms with Gasteiger partial charge in [0, 0.05) is 29.8 Å². The van der Waals surface area contributed by atoms with Crippen LogP contribution in [0.2, 0.25) is 15.1 Å². The molecule has 11 heteroatoms. The minimum atomic E-state index is -0.783. The van der Waals surface area contributed by atoms with Crippen molar-refractivity contribution < 1.29 is 14.5 Å². The Hall–Kier alpha value is -1.97. The maximum absolute atomic E-state index is 12.7. The average molecular weight is 461 g/mol. The van der Waals surface area contributed by atoms with Gasteiger partial charge in [0.1, 0.15) is 5.56 Å². The summed E-state index contributed by atoms with van der Waals surface area (Å²) >= 11 is 19.5. The fraction of sp³-hybridized carbons (Fsp3) is 0.176. The van der Waals surface area contributed by atoms with Crippen molar-refractivity contribution in [1.82, 2.24) is 4.57 Å². The molecule has 3 aromatic rings. The number of methoxy groups -OCH3 is 1. The number of benzene rings is 2. The molecule has 1 aromatic heterocycles. The van der Waals surface area contributed by atoms with Crippen molar-refractivity contribution in [3.05, 3.63) is 65.9 Å². The van der Waals surface area contributed by atoms with Crippen LogP contribution in [0.4, 0.5) is 5.69 Å². The summed E-state index contributed by atoms with van der Waals surface area (Å²) in [5, 5.41) is 12.3. The van der Waals surface area contributed by atoms with E-state index in [0.29, 0.717) is 33.5 Å². The van der Waals surface area contributed by atoms with E-state index in [4.69, 9.17) is 39.5 Å². The van der Waals surface area contributed by atoms with E-state index < -0.39 is 10.8 Å². The lowest BCUT2D eigenvalue weighted by atomic mass is 10.2. The Morgan fingerprint density at radius 1 is 1.25 bits per heavy atom. The number of fused-ring (bicyclic) bond motifs is 1. The second-order valence-electron chi connectivity index (χ2n) is 5.60. The van der Waals surface area contributed by atoms with E-state index in [2.05, 4.69) is 4.99 Å². The molecule has 0 unspecified atom stereocenters. The molecule has 0 aliphatic rings. The molecule has 0 bridgehead atoms. The molecule has 0 fully saturated rings. The number of nitrogens with zero attached hydrogens (tertiary/aromatic N) is 3. The van der Waals surface area contributed by atoms with Crippen molar-refractivity contribution in [2.45, 2.75) is 6.54 Å². The van der Waals surface area contributed by atoms with Crippen LogP contribution < -0.4 is 4.80 Å². The van der Waals surface area contributed by atoms with Gasteiger partial charge in [-0.25, -0.2) is 0 Å². The highest BCUT2D eigenvalue weighted by Gasteiger charge is 2.21. The quantitative estimate of drug-likeness (QED) is 0.398. The van der Waals surface area contributed by atoms with Crippen molar-refractivity contribution in [3.8, 4) is 0 Å². The lowest BCUT2D eigenvalue weighted by Gasteiger charge is -2.06. The summed E-state index contributed by atoms with van der Waals surface area (Å²) < 4.78 is 7.56. The standard InChI is InChI=1S/C17H12Cl3N3O4S/c1-27-5-4-22-15-12(20)7-10(19)8-14(15)28-17(22)21-16(24)11-6-9(18)2-3-13(11)23(25)26/h2-3,6-8H,4-5H2,1H3. The minimum Gasteiger partial charge on any atom is -0.383 e. The van der Waals surface area contributed by atoms with E-state index in [1.54, 1.807) is 23.8 Å². The molecular weight excluding hydrogens is 449 g/mol. The first kappa shape index (κ1) is 20.8. The van der Waals surface area contributed by atoms with Crippen LogP contribution in [0.25, 0.3) is 10.2 Å². The van der Waals surface area contributed by atoms with E-state index in [1.807, 2.05) is 0 Å². The number of ether oxygens (including phenoxy) is 1. The zero-order valence-electron chi connectivity index (χ0n) is 14.3. The minimum absolute atomic E-state index is 0.197. The number of hydrogen-bond donors (Lipinski definition) is 0. The lowest BCUT2D eigenvalue weighted by Crippen LogP contribution is -2.19. The number of thiazole rings is 1. The van der Waals surface area contributed by atoms with Crippen molar-refractivity contribution in [1.29, 1.82) is 0 Å². The van der Waals surface area contributed by atoms with E-state index in [1.165, 1.54) is 29.5 Å². The Kier molecular flexibility index (Phi) is 6.36. The average Bonchev–Trinajstić information content (AvgIpc) is 2.96. The predicted octanol–water partition coefficient (Wildman–Crippen LogP) is 4.96. The first-order valence-electron chi connectivity index (χ1n) is 7.82. The SMILES string of the molecule is COCCn1c(=NC(=O)c2cc(Cl)ccc2[N+](=O)[O-])sc2cc(Cl)cc(Cl)c21. The second kappa shape index (κ2) is 8.59. The third kappa shape index (κ3) is 4.21. The number of aromatic nitrogens is 1. The van der Waals surface area contributed by atoms with Crippen LogP contribution in [0, 0.1) is 10.1 Å². The molecule has 0 saturated heterocycles. The number of carbonyl (C=O) groups excluding carboxylic acids is 1. The summed E-state index contributed by atoms with van der Waals surface area (Å²) in [5.74, 6) is -0.783. The number of nitro groups is 1. The highest BCUT2D eigenvalue weighted by molar-refractivity contribution is 7.16. The Labute approximate surface area is 177 Å². The molecule has 1 amide bonds. The monoisotopic (exact) mass is 459 g/mol. The molecule has 3 rings (SSSR count). The number of carbonyl (C=O) groups is 1. The molecule has 0 aliphatic carbocycles. The number of amides is 1. The van der Waals surface area contributed by atoms with Crippen LogP contribution >= 0.6 is 46.1 Å². The van der Waals surface area contributed by atoms with Gasteiger partial charge in [-0.3, -0.25) is 14.9 Å². The Morgan fingerprint density at radius 3 is 2.68 bits per heavy atom. The van der Waals surface area contributed by atoms with E-state index in [-0.39, 0.29) is 16.3 Å². The highest BCUT2D eigenvalue weighted by Crippen LogP contribution is 2.30. The van der Waals surface area contributed by atoms with Crippen LogP contribution in [0.1, 0.15) is 10.4 Å². The molecule has 2 aromatic carbocycles. The fourth-order valence-corrected chi connectivity index (χ4v) is 4.60. The molecule has 28 heavy (non-hydrogen) atoms. The molecule has 146 valence electrons. The summed E-state index contributed by atoms with van der Waals surface area (Å²) in [6, 6.07) is 7.04. The van der Waals surface area contributed by atoms with Gasteiger partial charge in [-0.15, -0.1) is 0 Å². The maximum atomic E-state index is 12.7. The number of hydrogen-bond acceptors (Lipinski definition) is 5. The topological polar surface area (TPSA) is 86.7 Å². The van der Waals surface area contributed by atoms with Crippen LogP contribution in [-0.2, 0) is 11.3 Å². The van der Waals surface area contributed by atoms with Crippen LogP contribution in [0.3, 0.4) is 0 Å². The van der Waals surface area contributed by atoms with Gasteiger partial charge in [0.05, 0.1) is 26.8 Å². The maximum Gasteiger partial charge on any atom is 0.286 e. The molecule has 1 heterocycles. The van der Waals surface area contributed by atoms with Crippen molar-refractivity contribution >= 4 is 68.0 Å². The smallest absolute Gasteiger partial charge is 0.286 e. The van der Waals surface area contributed by atoms with Crippen LogP contribution in [-0.4, -0.2) is 29.1 Å². The highest BCUT2D eigenvalue weighted by atomic mass is 35.5. The number of nitro benzene ring substituents is 1. The summed E-state index contributed by atoms with van der Waals surface area (Å²) in [6.07, 6.45) is 0. The summed E-state index contributed by atoms with van der Waals surface area (Å²) in [4.78, 5) is 27.7.